The lowest BCUT2D eigenvalue weighted by Crippen LogP contribution is -2.17. The third-order valence-electron chi connectivity index (χ3n) is 3.75. The number of hydrazone groups is 1. The van der Waals surface area contributed by atoms with Gasteiger partial charge in [-0.05, 0) is 47.5 Å². The fraction of sp³-hybridized carbons (Fsp3) is 0.0476. The molecule has 28 heavy (non-hydrogen) atoms. The van der Waals surface area contributed by atoms with Crippen LogP contribution in [0.4, 0.5) is 0 Å². The number of amides is 1. The van der Waals surface area contributed by atoms with Gasteiger partial charge in [0.1, 0.15) is 12.4 Å². The van der Waals surface area contributed by atoms with E-state index in [0.29, 0.717) is 38.6 Å². The summed E-state index contributed by atoms with van der Waals surface area (Å²) in [6.07, 6.45) is 1.49. The Hall–Kier alpha value is -2.53. The van der Waals surface area contributed by atoms with Crippen molar-refractivity contribution in [3.63, 3.8) is 0 Å². The van der Waals surface area contributed by atoms with E-state index in [1.54, 1.807) is 30.3 Å². The molecule has 0 aliphatic heterocycles. The first-order valence-corrected chi connectivity index (χ1v) is 9.41. The maximum Gasteiger partial charge on any atom is 0.271 e. The van der Waals surface area contributed by atoms with Gasteiger partial charge in [0.15, 0.2) is 0 Å². The van der Waals surface area contributed by atoms with Gasteiger partial charge < -0.3 is 4.74 Å². The standard InChI is InChI=1S/C21H15Cl3N2O2/c22-17-8-7-16(11-18(17)23)21(27)26-25-12-15-6-9-20(19(24)10-15)28-13-14-4-2-1-3-5-14/h1-12H,13H2,(H,26,27)/b25-12-. The zero-order valence-corrected chi connectivity index (χ0v) is 16.8. The zero-order valence-electron chi connectivity index (χ0n) is 14.5. The average molecular weight is 434 g/mol. The molecule has 0 unspecified atom stereocenters. The van der Waals surface area contributed by atoms with E-state index < -0.39 is 5.91 Å². The lowest BCUT2D eigenvalue weighted by Gasteiger charge is -2.08. The molecule has 0 aliphatic rings. The molecule has 0 fully saturated rings. The van der Waals surface area contributed by atoms with Crippen LogP contribution < -0.4 is 10.2 Å². The lowest BCUT2D eigenvalue weighted by molar-refractivity contribution is 0.0955. The van der Waals surface area contributed by atoms with E-state index in [-0.39, 0.29) is 0 Å². The van der Waals surface area contributed by atoms with Gasteiger partial charge in [0.05, 0.1) is 21.3 Å². The molecule has 3 aromatic carbocycles. The van der Waals surface area contributed by atoms with E-state index in [2.05, 4.69) is 10.5 Å². The minimum absolute atomic E-state index is 0.302. The molecule has 0 aliphatic carbocycles. The number of benzene rings is 3. The molecule has 0 saturated carbocycles. The molecule has 0 saturated heterocycles. The number of carbonyl (C=O) groups is 1. The van der Waals surface area contributed by atoms with E-state index in [9.17, 15) is 4.79 Å². The normalized spacial score (nSPS) is 10.8. The highest BCUT2D eigenvalue weighted by Crippen LogP contribution is 2.26. The predicted octanol–water partition coefficient (Wildman–Crippen LogP) is 5.99. The first-order chi connectivity index (χ1) is 13.5. The van der Waals surface area contributed by atoms with Crippen LogP contribution in [-0.2, 0) is 6.61 Å². The van der Waals surface area contributed by atoms with Gasteiger partial charge in [-0.2, -0.15) is 5.10 Å². The summed E-state index contributed by atoms with van der Waals surface area (Å²) >= 11 is 18.0. The van der Waals surface area contributed by atoms with Crippen molar-refractivity contribution in [3.05, 3.63) is 98.5 Å². The van der Waals surface area contributed by atoms with Crippen LogP contribution in [0.1, 0.15) is 21.5 Å². The lowest BCUT2D eigenvalue weighted by atomic mass is 10.2. The summed E-state index contributed by atoms with van der Waals surface area (Å²) in [6.45, 7) is 0.424. The van der Waals surface area contributed by atoms with Crippen molar-refractivity contribution in [1.29, 1.82) is 0 Å². The molecule has 0 heterocycles. The van der Waals surface area contributed by atoms with Gasteiger partial charge in [0.2, 0.25) is 0 Å². The second kappa shape index (κ2) is 9.60. The maximum atomic E-state index is 12.1. The van der Waals surface area contributed by atoms with E-state index in [1.807, 2.05) is 30.3 Å². The summed E-state index contributed by atoms with van der Waals surface area (Å²) in [6, 6.07) is 19.7. The van der Waals surface area contributed by atoms with Crippen LogP contribution in [0.3, 0.4) is 0 Å². The second-order valence-corrected chi connectivity index (χ2v) is 7.01. The van der Waals surface area contributed by atoms with E-state index in [1.165, 1.54) is 12.3 Å². The summed E-state index contributed by atoms with van der Waals surface area (Å²) < 4.78 is 5.73. The molecule has 1 amide bonds. The van der Waals surface area contributed by atoms with Crippen molar-refractivity contribution in [2.45, 2.75) is 6.61 Å². The highest BCUT2D eigenvalue weighted by Gasteiger charge is 2.07. The molecule has 3 aromatic rings. The van der Waals surface area contributed by atoms with Crippen molar-refractivity contribution < 1.29 is 9.53 Å². The van der Waals surface area contributed by atoms with Crippen LogP contribution in [0.2, 0.25) is 15.1 Å². The number of carbonyl (C=O) groups excluding carboxylic acids is 1. The third kappa shape index (κ3) is 5.49. The minimum Gasteiger partial charge on any atom is -0.487 e. The molecule has 0 radical (unpaired) electrons. The molecule has 0 aromatic heterocycles. The van der Waals surface area contributed by atoms with E-state index in [0.717, 1.165) is 5.56 Å². The molecule has 3 rings (SSSR count). The summed E-state index contributed by atoms with van der Waals surface area (Å²) in [7, 11) is 0. The van der Waals surface area contributed by atoms with Crippen molar-refractivity contribution >= 4 is 46.9 Å². The zero-order chi connectivity index (χ0) is 19.9. The Balaban J connectivity index is 1.59. The Bertz CT molecular complexity index is 1010. The van der Waals surface area contributed by atoms with E-state index in [4.69, 9.17) is 39.5 Å². The van der Waals surface area contributed by atoms with Crippen molar-refractivity contribution in [1.82, 2.24) is 5.43 Å². The number of nitrogens with zero attached hydrogens (tertiary/aromatic N) is 1. The SMILES string of the molecule is O=C(N/N=C\c1ccc(OCc2ccccc2)c(Cl)c1)c1ccc(Cl)c(Cl)c1. The van der Waals surface area contributed by atoms with Crippen molar-refractivity contribution in [2.75, 3.05) is 0 Å². The Kier molecular flexibility index (Phi) is 6.93. The summed E-state index contributed by atoms with van der Waals surface area (Å²) in [5.74, 6) is 0.172. The van der Waals surface area contributed by atoms with Crippen LogP contribution in [0.5, 0.6) is 5.75 Å². The topological polar surface area (TPSA) is 50.7 Å². The summed E-state index contributed by atoms with van der Waals surface area (Å²) in [5, 5.41) is 5.07. The highest BCUT2D eigenvalue weighted by atomic mass is 35.5. The average Bonchev–Trinajstić information content (AvgIpc) is 2.70. The van der Waals surface area contributed by atoms with E-state index >= 15 is 0 Å². The van der Waals surface area contributed by atoms with Gasteiger partial charge in [-0.15, -0.1) is 0 Å². The Morgan fingerprint density at radius 2 is 1.71 bits per heavy atom. The fourth-order valence-electron chi connectivity index (χ4n) is 2.32. The molecule has 7 heteroatoms. The number of hydrogen-bond donors (Lipinski definition) is 1. The molecular formula is C21H15Cl3N2O2. The predicted molar refractivity (Wildman–Crippen MR) is 114 cm³/mol. The van der Waals surface area contributed by atoms with Gasteiger partial charge in [-0.25, -0.2) is 5.43 Å². The molecule has 0 spiro atoms. The van der Waals surface area contributed by atoms with Crippen LogP contribution in [-0.4, -0.2) is 12.1 Å². The van der Waals surface area contributed by atoms with Crippen LogP contribution >= 0.6 is 34.8 Å². The van der Waals surface area contributed by atoms with Crippen LogP contribution in [0, 0.1) is 0 Å². The quantitative estimate of drug-likeness (QED) is 0.383. The number of rotatable bonds is 6. The van der Waals surface area contributed by atoms with Crippen molar-refractivity contribution in [2.24, 2.45) is 5.10 Å². The maximum absolute atomic E-state index is 12.1. The largest absolute Gasteiger partial charge is 0.487 e. The van der Waals surface area contributed by atoms with Gasteiger partial charge in [-0.3, -0.25) is 4.79 Å². The number of ether oxygens (including phenoxy) is 1. The Morgan fingerprint density at radius 1 is 0.929 bits per heavy atom. The van der Waals surface area contributed by atoms with Crippen LogP contribution in [0.15, 0.2) is 71.8 Å². The fourth-order valence-corrected chi connectivity index (χ4v) is 2.86. The second-order valence-electron chi connectivity index (χ2n) is 5.79. The van der Waals surface area contributed by atoms with Gasteiger partial charge in [-0.1, -0.05) is 65.1 Å². The molecule has 0 bridgehead atoms. The molecular weight excluding hydrogens is 419 g/mol. The first kappa shape index (κ1) is 20.2. The number of halogens is 3. The van der Waals surface area contributed by atoms with Gasteiger partial charge in [0, 0.05) is 5.56 Å². The Morgan fingerprint density at radius 3 is 2.43 bits per heavy atom. The van der Waals surface area contributed by atoms with Gasteiger partial charge >= 0.3 is 0 Å². The van der Waals surface area contributed by atoms with Crippen molar-refractivity contribution in [3.8, 4) is 5.75 Å². The molecule has 4 nitrogen and oxygen atoms in total. The molecule has 1 N–H and O–H groups in total. The van der Waals surface area contributed by atoms with Crippen LogP contribution in [0.25, 0.3) is 0 Å². The summed E-state index contributed by atoms with van der Waals surface area (Å²) in [4.78, 5) is 12.1. The first-order valence-electron chi connectivity index (χ1n) is 8.27. The highest BCUT2D eigenvalue weighted by molar-refractivity contribution is 6.42. The molecule has 0 atom stereocenters. The Labute approximate surface area is 177 Å². The minimum atomic E-state index is -0.399. The smallest absolute Gasteiger partial charge is 0.271 e. The third-order valence-corrected chi connectivity index (χ3v) is 4.79. The summed E-state index contributed by atoms with van der Waals surface area (Å²) in [5.41, 5.74) is 4.55. The number of nitrogens with one attached hydrogen (secondary N) is 1. The molecule has 142 valence electrons. The monoisotopic (exact) mass is 432 g/mol. The van der Waals surface area contributed by atoms with Gasteiger partial charge in [0.25, 0.3) is 5.91 Å². The number of hydrogen-bond acceptors (Lipinski definition) is 3.